The molecule has 208 valence electrons. The molecule has 1 atom stereocenters. The van der Waals surface area contributed by atoms with E-state index in [1.165, 1.54) is 36.3 Å². The molecule has 10 heteroatoms. The van der Waals surface area contributed by atoms with E-state index in [-0.39, 0.29) is 29.1 Å². The maximum atomic E-state index is 14.0. The highest BCUT2D eigenvalue weighted by Crippen LogP contribution is 2.25. The van der Waals surface area contributed by atoms with Crippen LogP contribution in [0.3, 0.4) is 0 Å². The zero-order chi connectivity index (χ0) is 28.6. The summed E-state index contributed by atoms with van der Waals surface area (Å²) in [4.78, 5) is 28.5. The molecule has 8 nitrogen and oxygen atoms in total. The predicted octanol–water partition coefficient (Wildman–Crippen LogP) is 4.36. The van der Waals surface area contributed by atoms with Crippen LogP contribution in [0.15, 0.2) is 83.8 Å². The molecular weight excluding hydrogens is 521 g/mol. The first-order valence-electron chi connectivity index (χ1n) is 12.6. The number of methoxy groups -OCH3 is 1. The van der Waals surface area contributed by atoms with Gasteiger partial charge >= 0.3 is 0 Å². The SMILES string of the molecule is CCC(C(=O)NC(C)C)N(Cc1cccc(OC)c1)C(=O)CN(c1ccc(F)cc1)S(=O)(=O)c1ccccc1. The fraction of sp³-hybridized carbons (Fsp3) is 0.310. The second-order valence-electron chi connectivity index (χ2n) is 9.26. The normalized spacial score (nSPS) is 12.1. The zero-order valence-electron chi connectivity index (χ0n) is 22.5. The number of amides is 2. The van der Waals surface area contributed by atoms with Gasteiger partial charge in [-0.2, -0.15) is 0 Å². The van der Waals surface area contributed by atoms with Crippen molar-refractivity contribution in [3.05, 3.63) is 90.2 Å². The van der Waals surface area contributed by atoms with Crippen molar-refractivity contribution < 1.29 is 27.1 Å². The van der Waals surface area contributed by atoms with Crippen molar-refractivity contribution in [2.45, 2.75) is 50.7 Å². The first kappa shape index (κ1) is 29.6. The molecule has 1 unspecified atom stereocenters. The number of anilines is 1. The van der Waals surface area contributed by atoms with E-state index in [4.69, 9.17) is 4.74 Å². The van der Waals surface area contributed by atoms with Crippen LogP contribution < -0.4 is 14.4 Å². The average molecular weight is 556 g/mol. The number of hydrogen-bond acceptors (Lipinski definition) is 5. The molecule has 0 bridgehead atoms. The van der Waals surface area contributed by atoms with Crippen LogP contribution in [0.1, 0.15) is 32.8 Å². The molecule has 39 heavy (non-hydrogen) atoms. The molecule has 0 aliphatic rings. The summed E-state index contributed by atoms with van der Waals surface area (Å²) in [6.07, 6.45) is 0.302. The third-order valence-corrected chi connectivity index (χ3v) is 7.82. The van der Waals surface area contributed by atoms with Crippen LogP contribution in [0.2, 0.25) is 0 Å². The van der Waals surface area contributed by atoms with E-state index in [0.29, 0.717) is 17.7 Å². The smallest absolute Gasteiger partial charge is 0.264 e. The van der Waals surface area contributed by atoms with Crippen LogP contribution in [0.25, 0.3) is 0 Å². The highest BCUT2D eigenvalue weighted by Gasteiger charge is 2.33. The second kappa shape index (κ2) is 13.2. The lowest BCUT2D eigenvalue weighted by atomic mass is 10.1. The summed E-state index contributed by atoms with van der Waals surface area (Å²) < 4.78 is 47.4. The molecule has 0 radical (unpaired) electrons. The highest BCUT2D eigenvalue weighted by atomic mass is 32.2. The summed E-state index contributed by atoms with van der Waals surface area (Å²) in [5.74, 6) is -0.896. The number of benzene rings is 3. The van der Waals surface area contributed by atoms with Gasteiger partial charge in [0, 0.05) is 12.6 Å². The molecule has 0 saturated carbocycles. The molecule has 0 aromatic heterocycles. The van der Waals surface area contributed by atoms with E-state index in [1.54, 1.807) is 49.4 Å². The Hall–Kier alpha value is -3.92. The molecule has 0 aliphatic carbocycles. The number of ether oxygens (including phenoxy) is 1. The fourth-order valence-electron chi connectivity index (χ4n) is 4.12. The monoisotopic (exact) mass is 555 g/mol. The number of sulfonamides is 1. The van der Waals surface area contributed by atoms with Crippen molar-refractivity contribution in [1.82, 2.24) is 10.2 Å². The maximum Gasteiger partial charge on any atom is 0.264 e. The van der Waals surface area contributed by atoms with Gasteiger partial charge in [0.15, 0.2) is 0 Å². The molecule has 0 fully saturated rings. The van der Waals surface area contributed by atoms with E-state index in [1.807, 2.05) is 13.8 Å². The Morgan fingerprint density at radius 2 is 1.64 bits per heavy atom. The van der Waals surface area contributed by atoms with Gasteiger partial charge in [0.05, 0.1) is 17.7 Å². The molecule has 0 heterocycles. The van der Waals surface area contributed by atoms with Crippen molar-refractivity contribution in [3.63, 3.8) is 0 Å². The van der Waals surface area contributed by atoms with Crippen LogP contribution >= 0.6 is 0 Å². The molecule has 3 aromatic rings. The quantitative estimate of drug-likeness (QED) is 0.358. The Balaban J connectivity index is 2.05. The van der Waals surface area contributed by atoms with Gasteiger partial charge < -0.3 is 15.0 Å². The van der Waals surface area contributed by atoms with Crippen LogP contribution in [0.5, 0.6) is 5.75 Å². The molecule has 0 aliphatic heterocycles. The summed E-state index contributed by atoms with van der Waals surface area (Å²) >= 11 is 0. The van der Waals surface area contributed by atoms with Crippen LogP contribution in [-0.4, -0.2) is 50.9 Å². The zero-order valence-corrected chi connectivity index (χ0v) is 23.3. The van der Waals surface area contributed by atoms with Gasteiger partial charge in [-0.25, -0.2) is 12.8 Å². The minimum absolute atomic E-state index is 0.0222. The Morgan fingerprint density at radius 1 is 0.974 bits per heavy atom. The van der Waals surface area contributed by atoms with E-state index in [9.17, 15) is 22.4 Å². The third kappa shape index (κ3) is 7.57. The largest absolute Gasteiger partial charge is 0.497 e. The topological polar surface area (TPSA) is 96.0 Å². The van der Waals surface area contributed by atoms with Gasteiger partial charge in [-0.15, -0.1) is 0 Å². The number of rotatable bonds is 12. The molecular formula is C29H34FN3O5S. The van der Waals surface area contributed by atoms with Crippen molar-refractivity contribution >= 4 is 27.5 Å². The van der Waals surface area contributed by atoms with Crippen LogP contribution in [0, 0.1) is 5.82 Å². The van der Waals surface area contributed by atoms with Gasteiger partial charge in [0.25, 0.3) is 10.0 Å². The van der Waals surface area contributed by atoms with E-state index in [0.717, 1.165) is 16.4 Å². The number of carbonyl (C=O) groups is 2. The molecule has 0 saturated heterocycles. The predicted molar refractivity (Wildman–Crippen MR) is 148 cm³/mol. The Kier molecular flexibility index (Phi) is 10.1. The lowest BCUT2D eigenvalue weighted by Gasteiger charge is -2.33. The average Bonchev–Trinajstić information content (AvgIpc) is 2.92. The van der Waals surface area contributed by atoms with Crippen molar-refractivity contribution in [2.24, 2.45) is 0 Å². The minimum atomic E-state index is -4.21. The molecule has 3 rings (SSSR count). The maximum absolute atomic E-state index is 14.0. The Labute approximate surface area is 229 Å². The molecule has 0 spiro atoms. The fourth-order valence-corrected chi connectivity index (χ4v) is 5.56. The van der Waals surface area contributed by atoms with Gasteiger partial charge in [-0.1, -0.05) is 37.3 Å². The second-order valence-corrected chi connectivity index (χ2v) is 11.1. The summed E-state index contributed by atoms with van der Waals surface area (Å²) in [6.45, 7) is 4.87. The Morgan fingerprint density at radius 3 is 2.23 bits per heavy atom. The Bertz CT molecular complexity index is 1370. The lowest BCUT2D eigenvalue weighted by Crippen LogP contribution is -2.53. The summed E-state index contributed by atoms with van der Waals surface area (Å²) in [5, 5.41) is 2.85. The van der Waals surface area contributed by atoms with Gasteiger partial charge in [-0.3, -0.25) is 13.9 Å². The first-order valence-corrected chi connectivity index (χ1v) is 14.1. The van der Waals surface area contributed by atoms with Crippen LogP contribution in [-0.2, 0) is 26.2 Å². The van der Waals surface area contributed by atoms with Gasteiger partial charge in [0.2, 0.25) is 11.8 Å². The van der Waals surface area contributed by atoms with Crippen LogP contribution in [0.4, 0.5) is 10.1 Å². The number of halogens is 1. The van der Waals surface area contributed by atoms with Crippen molar-refractivity contribution in [1.29, 1.82) is 0 Å². The first-order chi connectivity index (χ1) is 18.6. The lowest BCUT2D eigenvalue weighted by molar-refractivity contribution is -0.140. The molecule has 1 N–H and O–H groups in total. The van der Waals surface area contributed by atoms with E-state index in [2.05, 4.69) is 5.32 Å². The summed E-state index contributed by atoms with van der Waals surface area (Å²) in [7, 11) is -2.68. The number of nitrogens with zero attached hydrogens (tertiary/aromatic N) is 2. The van der Waals surface area contributed by atoms with Gasteiger partial charge in [0.1, 0.15) is 24.2 Å². The van der Waals surface area contributed by atoms with E-state index >= 15 is 0 Å². The van der Waals surface area contributed by atoms with Crippen molar-refractivity contribution in [3.8, 4) is 5.75 Å². The number of nitrogens with one attached hydrogen (secondary N) is 1. The standard InChI is InChI=1S/C29H34FN3O5S/c1-5-27(29(35)31-21(2)3)32(19-22-10-9-11-25(18-22)38-4)28(34)20-33(24-16-14-23(30)15-17-24)39(36,37)26-12-7-6-8-13-26/h6-18,21,27H,5,19-20H2,1-4H3,(H,31,35). The molecule has 2 amide bonds. The van der Waals surface area contributed by atoms with Crippen molar-refractivity contribution in [2.75, 3.05) is 18.0 Å². The number of hydrogen-bond donors (Lipinski definition) is 1. The van der Waals surface area contributed by atoms with E-state index < -0.39 is 34.3 Å². The molecule has 3 aromatic carbocycles. The highest BCUT2D eigenvalue weighted by molar-refractivity contribution is 7.92. The van der Waals surface area contributed by atoms with Gasteiger partial charge in [-0.05, 0) is 74.4 Å². The third-order valence-electron chi connectivity index (χ3n) is 6.03. The summed E-state index contributed by atoms with van der Waals surface area (Å²) in [5.41, 5.74) is 0.826. The minimum Gasteiger partial charge on any atom is -0.497 e. The summed E-state index contributed by atoms with van der Waals surface area (Å²) in [6, 6.07) is 18.6. The number of carbonyl (C=O) groups excluding carboxylic acids is 2.